The Labute approximate surface area is 333 Å². The molecule has 3 aliphatic heterocycles. The normalized spacial score (nSPS) is 30.4. The molecule has 0 radical (unpaired) electrons. The molecule has 3 aliphatic carbocycles. The first-order valence-electron chi connectivity index (χ1n) is 17.7. The summed E-state index contributed by atoms with van der Waals surface area (Å²) in [6, 6.07) is 16.1. The van der Waals surface area contributed by atoms with Gasteiger partial charge in [0.25, 0.3) is 0 Å². The molecule has 0 aromatic carbocycles. The fraction of sp³-hybridized carbons (Fsp3) is 0.353. The molecule has 0 unspecified atom stereocenters. The molecular weight excluding hydrogens is 794 g/mol. The third kappa shape index (κ3) is 7.51. The van der Waals surface area contributed by atoms with E-state index in [9.17, 15) is 0 Å². The summed E-state index contributed by atoms with van der Waals surface area (Å²) in [5, 5.41) is 32.4. The van der Waals surface area contributed by atoms with E-state index in [4.69, 9.17) is 59.5 Å². The van der Waals surface area contributed by atoms with Crippen LogP contribution in [-0.2, 0) is 45.6 Å². The van der Waals surface area contributed by atoms with Gasteiger partial charge in [-0.05, 0) is 122 Å². The van der Waals surface area contributed by atoms with Crippen molar-refractivity contribution in [1.29, 1.82) is 0 Å². The van der Waals surface area contributed by atoms with Crippen molar-refractivity contribution >= 4 is 103 Å². The van der Waals surface area contributed by atoms with Crippen LogP contribution in [0.15, 0.2) is 90.2 Å². The number of thiophene rings is 4. The molecule has 6 aliphatic rings. The SMILES string of the molecule is [Fe+2].c1csc(-c2ccc([B-]34O/N=C5\CCCC\C5=N/O[B-](c5ccc(-c6cccs6)s5)(O/N=C5\CCCC\C5=N/O3)O/N=C3\CCCC\C3=N/O4)s2)c1. The molecule has 3 saturated carbocycles. The van der Waals surface area contributed by atoms with Gasteiger partial charge in [0, 0.05) is 19.5 Å². The molecule has 4 aromatic rings. The molecule has 0 amide bonds. The van der Waals surface area contributed by atoms with Crippen LogP contribution in [0.25, 0.3) is 19.5 Å². The molecule has 4 aromatic heterocycles. The van der Waals surface area contributed by atoms with E-state index in [-0.39, 0.29) is 17.1 Å². The van der Waals surface area contributed by atoms with E-state index in [1.165, 1.54) is 22.7 Å². The quantitative estimate of drug-likeness (QED) is 0.191. The van der Waals surface area contributed by atoms with Crippen molar-refractivity contribution in [2.45, 2.75) is 77.0 Å². The fourth-order valence-corrected chi connectivity index (χ4v) is 10.4. The van der Waals surface area contributed by atoms with Gasteiger partial charge < -0.3 is 28.5 Å². The van der Waals surface area contributed by atoms with Crippen LogP contribution in [0.5, 0.6) is 0 Å². The van der Waals surface area contributed by atoms with Gasteiger partial charge in [-0.15, -0.1) is 53.6 Å². The maximum absolute atomic E-state index is 6.50. The Kier molecular flexibility index (Phi) is 10.9. The van der Waals surface area contributed by atoms with Crippen molar-refractivity contribution in [3.8, 4) is 19.5 Å². The predicted octanol–water partition coefficient (Wildman–Crippen LogP) is 8.24. The molecule has 7 heterocycles. The zero-order valence-electron chi connectivity index (χ0n) is 28.5. The van der Waals surface area contributed by atoms with Gasteiger partial charge in [0.05, 0.1) is 34.3 Å². The second kappa shape index (κ2) is 15.9. The molecule has 10 rings (SSSR count). The summed E-state index contributed by atoms with van der Waals surface area (Å²) in [5.41, 5.74) is 3.63. The van der Waals surface area contributed by atoms with Crippen molar-refractivity contribution in [3.63, 3.8) is 0 Å². The van der Waals surface area contributed by atoms with E-state index >= 15 is 0 Å². The zero-order valence-corrected chi connectivity index (χ0v) is 32.9. The van der Waals surface area contributed by atoms with E-state index in [2.05, 4.69) is 22.9 Å². The van der Waals surface area contributed by atoms with Crippen LogP contribution in [0.2, 0.25) is 0 Å². The third-order valence-corrected chi connectivity index (χ3v) is 14.1. The van der Waals surface area contributed by atoms with E-state index in [0.29, 0.717) is 82.3 Å². The molecule has 19 heteroatoms. The molecule has 12 nitrogen and oxygen atoms in total. The van der Waals surface area contributed by atoms with Gasteiger partial charge in [-0.3, -0.25) is 0 Å². The zero-order chi connectivity index (χ0) is 34.8. The Hall–Kier alpha value is -3.73. The molecule has 0 atom stereocenters. The first-order valence-corrected chi connectivity index (χ1v) is 21.1. The molecule has 53 heavy (non-hydrogen) atoms. The van der Waals surface area contributed by atoms with Crippen molar-refractivity contribution in [2.75, 3.05) is 0 Å². The van der Waals surface area contributed by atoms with Crippen LogP contribution in [-0.4, -0.2) is 47.8 Å². The van der Waals surface area contributed by atoms with Crippen molar-refractivity contribution in [1.82, 2.24) is 0 Å². The summed E-state index contributed by atoms with van der Waals surface area (Å²) >= 11 is 6.30. The molecule has 0 saturated heterocycles. The smallest absolute Gasteiger partial charge is 0.535 e. The molecular formula is C34H34B2FeN6O6S4. The molecule has 274 valence electrons. The van der Waals surface area contributed by atoms with E-state index in [1.54, 1.807) is 22.7 Å². The summed E-state index contributed by atoms with van der Waals surface area (Å²) in [5.74, 6) is 0. The molecule has 2 bridgehead atoms. The van der Waals surface area contributed by atoms with Crippen molar-refractivity contribution < 1.29 is 45.6 Å². The average molecular weight is 828 g/mol. The van der Waals surface area contributed by atoms with Crippen LogP contribution in [0.1, 0.15) is 77.0 Å². The summed E-state index contributed by atoms with van der Waals surface area (Å²) in [6.07, 6.45) is 9.03. The minimum atomic E-state index is -2.90. The van der Waals surface area contributed by atoms with Gasteiger partial charge in [-0.25, -0.2) is 0 Å². The molecule has 0 spiro atoms. The minimum Gasteiger partial charge on any atom is -0.535 e. The van der Waals surface area contributed by atoms with Gasteiger partial charge in [0.1, 0.15) is 0 Å². The number of nitrogens with zero attached hydrogens (tertiary/aromatic N) is 6. The van der Waals surface area contributed by atoms with Crippen LogP contribution in [0.4, 0.5) is 0 Å². The Bertz CT molecular complexity index is 1840. The number of oxime groups is 6. The summed E-state index contributed by atoms with van der Waals surface area (Å²) in [6.45, 7) is -5.80. The number of hydrogen-bond acceptors (Lipinski definition) is 16. The van der Waals surface area contributed by atoms with Crippen LogP contribution < -0.4 is 9.55 Å². The Morgan fingerprint density at radius 2 is 0.698 bits per heavy atom. The van der Waals surface area contributed by atoms with Gasteiger partial charge >= 0.3 is 30.6 Å². The molecule has 3 fully saturated rings. The first kappa shape index (κ1) is 36.3. The van der Waals surface area contributed by atoms with Crippen LogP contribution in [0.3, 0.4) is 0 Å². The van der Waals surface area contributed by atoms with Gasteiger partial charge in [0.2, 0.25) is 0 Å². The van der Waals surface area contributed by atoms with Crippen molar-refractivity contribution in [2.24, 2.45) is 30.9 Å². The largest absolute Gasteiger partial charge is 2.00 e. The standard InChI is InChI=1S/C34H34B2N6O6S4.Fe/c1-2-10-24-23(9-1)37-43-35(33-19-17-31(51-33)29-15-7-21-49-29)45-39-25-11-3-5-13-27(25)41-47-36(44-38-24,34-20-18-32(52-34)30-16-8-22-50-30)48-42-28-14-6-4-12-26(28)40-46-35;/h7-8,15-22H,1-6,9-14H2;/q-2;+2/b37-23+,38-24+,39-25+,40-26+,41-27+,42-28+;. The molecule has 0 N–H and O–H groups in total. The van der Waals surface area contributed by atoms with Gasteiger partial charge in [0.15, 0.2) is 0 Å². The predicted molar refractivity (Wildman–Crippen MR) is 213 cm³/mol. The number of fused-ring (bicyclic) bond motifs is 6. The summed E-state index contributed by atoms with van der Waals surface area (Å²) in [4.78, 5) is 4.30. The minimum absolute atomic E-state index is 0. The number of rotatable bonds is 4. The van der Waals surface area contributed by atoms with Crippen LogP contribution in [0, 0.1) is 0 Å². The van der Waals surface area contributed by atoms with E-state index in [0.717, 1.165) is 58.0 Å². The second-order valence-corrected chi connectivity index (χ2v) is 17.3. The van der Waals surface area contributed by atoms with Gasteiger partial charge in [-0.2, -0.15) is 22.7 Å². The summed E-state index contributed by atoms with van der Waals surface area (Å²) < 4.78 is 40.3. The maximum Gasteiger partial charge on any atom is 2.00 e. The Morgan fingerprint density at radius 1 is 0.396 bits per heavy atom. The monoisotopic (exact) mass is 828 g/mol. The second-order valence-electron chi connectivity index (χ2n) is 13.1. The van der Waals surface area contributed by atoms with Crippen LogP contribution >= 0.6 is 45.3 Å². The van der Waals surface area contributed by atoms with E-state index in [1.807, 2.05) is 36.4 Å². The Balaban J connectivity index is 0.00000400. The fourth-order valence-electron chi connectivity index (χ4n) is 6.62. The third-order valence-electron chi connectivity index (χ3n) is 9.52. The first-order chi connectivity index (χ1) is 25.7. The number of hydrogen-bond donors (Lipinski definition) is 0. The van der Waals surface area contributed by atoms with Gasteiger partial charge in [-0.1, -0.05) is 24.3 Å². The summed E-state index contributed by atoms with van der Waals surface area (Å²) in [7, 11) is 0. The maximum atomic E-state index is 6.50. The van der Waals surface area contributed by atoms with E-state index < -0.39 is 13.5 Å². The van der Waals surface area contributed by atoms with Crippen molar-refractivity contribution in [3.05, 3.63) is 59.3 Å². The topological polar surface area (TPSA) is 130 Å². The average Bonchev–Trinajstić information content (AvgIpc) is 4.03. The Morgan fingerprint density at radius 3 is 0.962 bits per heavy atom.